The van der Waals surface area contributed by atoms with E-state index in [1.165, 1.54) is 11.9 Å². The van der Waals surface area contributed by atoms with E-state index in [4.69, 9.17) is 0 Å². The molecule has 1 aromatic heterocycles. The van der Waals surface area contributed by atoms with Crippen LogP contribution in [-0.4, -0.2) is 60.0 Å². The molecular weight excluding hydrogens is 517 g/mol. The van der Waals surface area contributed by atoms with Gasteiger partial charge in [0.25, 0.3) is 0 Å². The van der Waals surface area contributed by atoms with Gasteiger partial charge in [-0.05, 0) is 68.5 Å². The highest BCUT2D eigenvalue weighted by molar-refractivity contribution is 5.82. The van der Waals surface area contributed by atoms with Crippen LogP contribution in [-0.2, 0) is 4.79 Å². The fraction of sp³-hybridized carbons (Fsp3) is 0.406. The third-order valence-corrected chi connectivity index (χ3v) is 8.76. The van der Waals surface area contributed by atoms with Crippen molar-refractivity contribution in [3.63, 3.8) is 0 Å². The van der Waals surface area contributed by atoms with Crippen molar-refractivity contribution in [3.05, 3.63) is 83.8 Å². The molecule has 41 heavy (non-hydrogen) atoms. The Morgan fingerprint density at radius 3 is 2.56 bits per heavy atom. The Kier molecular flexibility index (Phi) is 7.62. The molecule has 3 aromatic rings. The van der Waals surface area contributed by atoms with Gasteiger partial charge in [-0.15, -0.1) is 0 Å². The summed E-state index contributed by atoms with van der Waals surface area (Å²) in [7, 11) is 2.15. The molecule has 2 heterocycles. The van der Waals surface area contributed by atoms with Crippen LogP contribution in [0, 0.1) is 30.5 Å². The number of aryl methyl sites for hydroxylation is 1. The lowest BCUT2D eigenvalue weighted by atomic mass is 9.87. The summed E-state index contributed by atoms with van der Waals surface area (Å²) >= 11 is 0. The van der Waals surface area contributed by atoms with Crippen molar-refractivity contribution in [2.75, 3.05) is 48.8 Å². The van der Waals surface area contributed by atoms with E-state index in [9.17, 15) is 9.18 Å². The van der Waals surface area contributed by atoms with Crippen molar-refractivity contribution < 1.29 is 9.18 Å². The Balaban J connectivity index is 1.15. The highest BCUT2D eigenvalue weighted by Gasteiger charge is 2.48. The third-order valence-electron chi connectivity index (χ3n) is 8.76. The number of aromatic nitrogens is 2. The second-order valence-corrected chi connectivity index (χ2v) is 11.6. The molecule has 3 N–H and O–H groups in total. The first-order valence-electron chi connectivity index (χ1n) is 14.5. The molecule has 5 atom stereocenters. The van der Waals surface area contributed by atoms with Gasteiger partial charge in [-0.3, -0.25) is 4.79 Å². The average Bonchev–Trinajstić information content (AvgIpc) is 3.58. The minimum atomic E-state index is -0.541. The van der Waals surface area contributed by atoms with E-state index in [1.54, 1.807) is 0 Å². The summed E-state index contributed by atoms with van der Waals surface area (Å²) in [6, 6.07) is 15.7. The minimum absolute atomic E-state index is 0.0283. The number of halogens is 1. The number of nitrogens with zero attached hydrogens (tertiary/aromatic N) is 4. The maximum absolute atomic E-state index is 15.0. The molecule has 3 aliphatic rings. The molecule has 2 fully saturated rings. The number of carbonyl (C=O) groups excluding carboxylic acids is 1. The van der Waals surface area contributed by atoms with Crippen LogP contribution in [0.5, 0.6) is 0 Å². The molecular formula is C32H38FN7O. The molecule has 2 aromatic carbocycles. The lowest BCUT2D eigenvalue weighted by Gasteiger charge is -2.35. The molecule has 1 amide bonds. The van der Waals surface area contributed by atoms with E-state index in [-0.39, 0.29) is 41.6 Å². The first-order chi connectivity index (χ1) is 19.9. The zero-order chi connectivity index (χ0) is 28.5. The molecule has 2 bridgehead atoms. The highest BCUT2D eigenvalue weighted by atomic mass is 19.1. The van der Waals surface area contributed by atoms with Crippen molar-refractivity contribution in [3.8, 4) is 0 Å². The standard InChI is InChI=1S/C32H38FN7O/c1-20-17-25(11-12-27(20)40-15-13-39(3)14-16-40)36-32-34-19-26(33)30(38-32)37-29-24-10-9-23(18-24)28(29)31(41)35-21(2)22-7-5-4-6-8-22/h4-12,17,19,21,23-24,28-29H,13-16,18H2,1-3H3,(H,35,41)(H2,34,36,37,38)/t21-,23+,24-,28?,29+/m1/s1. The molecule has 0 radical (unpaired) electrons. The van der Waals surface area contributed by atoms with Gasteiger partial charge in [0.1, 0.15) is 0 Å². The van der Waals surface area contributed by atoms with Gasteiger partial charge in [0.2, 0.25) is 11.9 Å². The monoisotopic (exact) mass is 555 g/mol. The van der Waals surface area contributed by atoms with Crippen molar-refractivity contribution in [2.24, 2.45) is 17.8 Å². The van der Waals surface area contributed by atoms with E-state index < -0.39 is 5.82 Å². The third kappa shape index (κ3) is 5.77. The normalized spacial score (nSPS) is 24.3. The van der Waals surface area contributed by atoms with Crippen molar-refractivity contribution in [1.29, 1.82) is 0 Å². The predicted octanol–water partition coefficient (Wildman–Crippen LogP) is 4.90. The lowest BCUT2D eigenvalue weighted by Crippen LogP contribution is -2.44. The van der Waals surface area contributed by atoms with Crippen LogP contribution < -0.4 is 20.9 Å². The molecule has 1 saturated carbocycles. The minimum Gasteiger partial charge on any atom is -0.369 e. The fourth-order valence-electron chi connectivity index (χ4n) is 6.46. The summed E-state index contributed by atoms with van der Waals surface area (Å²) in [6.45, 7) is 8.19. The van der Waals surface area contributed by atoms with Gasteiger partial charge >= 0.3 is 0 Å². The number of likely N-dealkylation sites (N-methyl/N-ethyl adjacent to an activating group) is 1. The summed E-state index contributed by atoms with van der Waals surface area (Å²) in [4.78, 5) is 26.9. The Labute approximate surface area is 241 Å². The largest absolute Gasteiger partial charge is 0.369 e. The van der Waals surface area contributed by atoms with Crippen LogP contribution in [0.15, 0.2) is 66.9 Å². The number of fused-ring (bicyclic) bond motifs is 2. The molecule has 1 saturated heterocycles. The molecule has 0 spiro atoms. The maximum Gasteiger partial charge on any atom is 0.229 e. The summed E-state index contributed by atoms with van der Waals surface area (Å²) in [5.41, 5.74) is 4.27. The van der Waals surface area contributed by atoms with Crippen LogP contribution in [0.3, 0.4) is 0 Å². The summed E-state index contributed by atoms with van der Waals surface area (Å²) < 4.78 is 15.0. The summed E-state index contributed by atoms with van der Waals surface area (Å²) in [6.07, 6.45) is 6.30. The summed E-state index contributed by atoms with van der Waals surface area (Å²) in [5, 5.41) is 9.70. The van der Waals surface area contributed by atoms with Gasteiger partial charge in [0.05, 0.1) is 18.2 Å². The second kappa shape index (κ2) is 11.5. The van der Waals surface area contributed by atoms with Gasteiger partial charge in [-0.1, -0.05) is 42.5 Å². The fourth-order valence-corrected chi connectivity index (χ4v) is 6.46. The number of piperazine rings is 1. The number of hydrogen-bond acceptors (Lipinski definition) is 7. The maximum atomic E-state index is 15.0. The summed E-state index contributed by atoms with van der Waals surface area (Å²) in [5.74, 6) is -0.221. The van der Waals surface area contributed by atoms with Gasteiger partial charge in [-0.25, -0.2) is 9.37 Å². The molecule has 1 aliphatic heterocycles. The van der Waals surface area contributed by atoms with E-state index in [0.717, 1.165) is 49.4 Å². The van der Waals surface area contributed by atoms with Crippen LogP contribution in [0.1, 0.15) is 30.5 Å². The molecule has 2 aliphatic carbocycles. The van der Waals surface area contributed by atoms with E-state index in [2.05, 4.69) is 74.0 Å². The second-order valence-electron chi connectivity index (χ2n) is 11.6. The van der Waals surface area contributed by atoms with Gasteiger partial charge < -0.3 is 25.8 Å². The van der Waals surface area contributed by atoms with Crippen LogP contribution >= 0.6 is 0 Å². The number of hydrogen-bond donors (Lipinski definition) is 3. The Bertz CT molecular complexity index is 1420. The lowest BCUT2D eigenvalue weighted by molar-refractivity contribution is -0.126. The first kappa shape index (κ1) is 27.2. The quantitative estimate of drug-likeness (QED) is 0.341. The Hall–Kier alpha value is -3.98. The highest BCUT2D eigenvalue weighted by Crippen LogP contribution is 2.45. The van der Waals surface area contributed by atoms with E-state index in [0.29, 0.717) is 5.95 Å². The zero-order valence-electron chi connectivity index (χ0n) is 23.8. The van der Waals surface area contributed by atoms with Gasteiger partial charge in [-0.2, -0.15) is 4.98 Å². The van der Waals surface area contributed by atoms with Gasteiger partial charge in [0.15, 0.2) is 11.6 Å². The van der Waals surface area contributed by atoms with Crippen LogP contribution in [0.25, 0.3) is 0 Å². The van der Waals surface area contributed by atoms with Crippen molar-refractivity contribution in [1.82, 2.24) is 20.2 Å². The number of carbonyl (C=O) groups is 1. The number of nitrogens with one attached hydrogen (secondary N) is 3. The van der Waals surface area contributed by atoms with Crippen LogP contribution in [0.4, 0.5) is 27.5 Å². The zero-order valence-corrected chi connectivity index (χ0v) is 23.8. The Morgan fingerprint density at radius 2 is 1.80 bits per heavy atom. The smallest absolute Gasteiger partial charge is 0.229 e. The topological polar surface area (TPSA) is 85.4 Å². The molecule has 6 rings (SSSR count). The SMILES string of the molecule is Cc1cc(Nc2ncc(F)c(N[C@@H]3C(C(=O)N[C@H](C)c4ccccc4)[C@H]4C=C[C@@H]3C4)n2)ccc1N1CCN(C)CC1. The van der Waals surface area contributed by atoms with Gasteiger partial charge in [0, 0.05) is 43.6 Å². The number of amides is 1. The van der Waals surface area contributed by atoms with E-state index >= 15 is 0 Å². The molecule has 8 nitrogen and oxygen atoms in total. The molecule has 214 valence electrons. The molecule has 9 heteroatoms. The predicted molar refractivity (Wildman–Crippen MR) is 161 cm³/mol. The number of rotatable bonds is 8. The van der Waals surface area contributed by atoms with E-state index in [1.807, 2.05) is 43.3 Å². The number of allylic oxidation sites excluding steroid dienone is 1. The van der Waals surface area contributed by atoms with Crippen molar-refractivity contribution >= 4 is 29.0 Å². The average molecular weight is 556 g/mol. The number of benzene rings is 2. The van der Waals surface area contributed by atoms with Crippen LogP contribution in [0.2, 0.25) is 0 Å². The first-order valence-corrected chi connectivity index (χ1v) is 14.5. The molecule has 1 unspecified atom stereocenters. The van der Waals surface area contributed by atoms with Crippen molar-refractivity contribution in [2.45, 2.75) is 32.4 Å². The number of anilines is 4. The Morgan fingerprint density at radius 1 is 1.05 bits per heavy atom.